The van der Waals surface area contributed by atoms with E-state index in [-0.39, 0.29) is 5.78 Å². The number of Topliss-reactive ketones (excluding diaryl/α,β-unsaturated/α-hetero) is 1. The van der Waals surface area contributed by atoms with Crippen molar-refractivity contribution in [2.45, 2.75) is 12.5 Å². The number of pyridine rings is 1. The van der Waals surface area contributed by atoms with E-state index in [0.717, 1.165) is 33.4 Å². The average Bonchev–Trinajstić information content (AvgIpc) is 3.01. The second-order valence-electron chi connectivity index (χ2n) is 9.55. The summed E-state index contributed by atoms with van der Waals surface area (Å²) in [5.74, 6) is 0.647. The molecule has 1 aliphatic heterocycles. The smallest absolute Gasteiger partial charge is 0.248 e. The van der Waals surface area contributed by atoms with Gasteiger partial charge in [0.1, 0.15) is 17.6 Å². The van der Waals surface area contributed by atoms with Crippen molar-refractivity contribution in [2.24, 2.45) is 5.73 Å². The molecular weight excluding hydrogens is 500 g/mol. The van der Waals surface area contributed by atoms with Crippen LogP contribution >= 0.6 is 0 Å². The van der Waals surface area contributed by atoms with Gasteiger partial charge in [-0.05, 0) is 64.2 Å². The lowest BCUT2D eigenvalue weighted by Crippen LogP contribution is -2.17. The Kier molecular flexibility index (Phi) is 6.81. The minimum absolute atomic E-state index is 0.0441. The van der Waals surface area contributed by atoms with Crippen molar-refractivity contribution in [1.29, 1.82) is 0 Å². The number of ketones is 1. The Morgan fingerprint density at radius 2 is 1.43 bits per heavy atom. The molecule has 1 atom stereocenters. The van der Waals surface area contributed by atoms with Crippen LogP contribution in [-0.2, 0) is 0 Å². The van der Waals surface area contributed by atoms with E-state index in [1.54, 1.807) is 30.6 Å². The monoisotopic (exact) mass is 526 g/mol. The summed E-state index contributed by atoms with van der Waals surface area (Å²) in [4.78, 5) is 28.6. The molecule has 0 radical (unpaired) electrons. The Morgan fingerprint density at radius 1 is 0.775 bits per heavy atom. The zero-order valence-electron chi connectivity index (χ0n) is 21.6. The van der Waals surface area contributed by atoms with Crippen LogP contribution in [0.15, 0.2) is 116 Å². The van der Waals surface area contributed by atoms with Gasteiger partial charge in [-0.25, -0.2) is 0 Å². The Labute approximate surface area is 232 Å². The van der Waals surface area contributed by atoms with E-state index >= 15 is 0 Å². The van der Waals surface area contributed by atoms with Crippen molar-refractivity contribution in [3.63, 3.8) is 0 Å². The summed E-state index contributed by atoms with van der Waals surface area (Å²) in [7, 11) is 0. The summed E-state index contributed by atoms with van der Waals surface area (Å²) in [6, 6.07) is 32.7. The third kappa shape index (κ3) is 4.95. The molecule has 1 aromatic heterocycles. The average molecular weight is 527 g/mol. The molecular formula is C34H26N2O4. The normalized spacial score (nSPS) is 13.2. The molecule has 0 saturated carbocycles. The van der Waals surface area contributed by atoms with Crippen LogP contribution in [0.4, 0.5) is 0 Å². The van der Waals surface area contributed by atoms with Crippen LogP contribution in [0.1, 0.15) is 44.4 Å². The number of amides is 1. The highest BCUT2D eigenvalue weighted by molar-refractivity contribution is 6.03. The lowest BCUT2D eigenvalue weighted by molar-refractivity contribution is 0.0932. The number of aromatic nitrogens is 1. The predicted molar refractivity (Wildman–Crippen MR) is 153 cm³/mol. The number of ether oxygens (including phenoxy) is 2. The number of hydrogen-bond donors (Lipinski definition) is 1. The Bertz CT molecular complexity index is 1670. The summed E-state index contributed by atoms with van der Waals surface area (Å²) in [6.45, 7) is 0.312. The summed E-state index contributed by atoms with van der Waals surface area (Å²) in [5.41, 5.74) is 11.9. The molecule has 0 spiro atoms. The molecule has 0 unspecified atom stereocenters. The highest BCUT2D eigenvalue weighted by Gasteiger charge is 2.27. The molecule has 5 aromatic rings. The molecule has 0 fully saturated rings. The number of fused-ring (bicyclic) bond motifs is 1. The van der Waals surface area contributed by atoms with Gasteiger partial charge in [0.15, 0.2) is 5.78 Å². The van der Waals surface area contributed by atoms with E-state index in [0.29, 0.717) is 35.7 Å². The molecule has 0 bridgehead atoms. The van der Waals surface area contributed by atoms with Crippen LogP contribution in [0, 0.1) is 0 Å². The molecule has 0 saturated heterocycles. The fraction of sp³-hybridized carbons (Fsp3) is 0.0882. The predicted octanol–water partition coefficient (Wildman–Crippen LogP) is 6.65. The summed E-state index contributed by atoms with van der Waals surface area (Å²) >= 11 is 0. The Balaban J connectivity index is 1.46. The molecule has 196 valence electrons. The molecule has 1 aliphatic rings. The van der Waals surface area contributed by atoms with Gasteiger partial charge in [0.2, 0.25) is 5.91 Å². The number of primary amides is 1. The van der Waals surface area contributed by atoms with E-state index in [1.807, 2.05) is 60.7 Å². The van der Waals surface area contributed by atoms with Gasteiger partial charge in [-0.15, -0.1) is 0 Å². The third-order valence-electron chi connectivity index (χ3n) is 7.03. The number of hydrogen-bond acceptors (Lipinski definition) is 5. The fourth-order valence-corrected chi connectivity index (χ4v) is 4.96. The number of nitrogens with zero attached hydrogens (tertiary/aromatic N) is 1. The molecule has 6 rings (SSSR count). The van der Waals surface area contributed by atoms with Gasteiger partial charge >= 0.3 is 0 Å². The molecule has 2 N–H and O–H groups in total. The van der Waals surface area contributed by atoms with Crippen LogP contribution < -0.4 is 15.2 Å². The van der Waals surface area contributed by atoms with E-state index in [9.17, 15) is 9.59 Å². The topological polar surface area (TPSA) is 91.5 Å². The van der Waals surface area contributed by atoms with Crippen LogP contribution in [0.2, 0.25) is 0 Å². The second kappa shape index (κ2) is 10.9. The molecule has 1 amide bonds. The maximum Gasteiger partial charge on any atom is 0.248 e. The van der Waals surface area contributed by atoms with Crippen molar-refractivity contribution in [1.82, 2.24) is 4.98 Å². The van der Waals surface area contributed by atoms with Gasteiger partial charge < -0.3 is 15.2 Å². The first-order valence-corrected chi connectivity index (χ1v) is 13.0. The quantitative estimate of drug-likeness (QED) is 0.256. The molecule has 4 aromatic carbocycles. The fourth-order valence-electron chi connectivity index (χ4n) is 4.96. The van der Waals surface area contributed by atoms with Crippen LogP contribution in [0.25, 0.3) is 22.3 Å². The van der Waals surface area contributed by atoms with E-state index < -0.39 is 12.0 Å². The van der Waals surface area contributed by atoms with Gasteiger partial charge in [-0.2, -0.15) is 0 Å². The minimum Gasteiger partial charge on any atom is -0.492 e. The van der Waals surface area contributed by atoms with Crippen LogP contribution in [0.3, 0.4) is 0 Å². The first-order chi connectivity index (χ1) is 19.6. The first-order valence-electron chi connectivity index (χ1n) is 13.0. The van der Waals surface area contributed by atoms with Gasteiger partial charge in [0.05, 0.1) is 17.7 Å². The second-order valence-corrected chi connectivity index (χ2v) is 9.55. The van der Waals surface area contributed by atoms with Crippen molar-refractivity contribution in [3.05, 3.63) is 138 Å². The van der Waals surface area contributed by atoms with Crippen LogP contribution in [0.5, 0.6) is 11.5 Å². The molecule has 0 aliphatic carbocycles. The zero-order valence-corrected chi connectivity index (χ0v) is 21.6. The van der Waals surface area contributed by atoms with Gasteiger partial charge in [-0.1, -0.05) is 66.7 Å². The van der Waals surface area contributed by atoms with E-state index in [1.165, 1.54) is 0 Å². The Morgan fingerprint density at radius 3 is 2.12 bits per heavy atom. The molecule has 40 heavy (non-hydrogen) atoms. The number of rotatable bonds is 7. The summed E-state index contributed by atoms with van der Waals surface area (Å²) < 4.78 is 12.9. The molecule has 2 heterocycles. The third-order valence-corrected chi connectivity index (χ3v) is 7.03. The van der Waals surface area contributed by atoms with E-state index in [4.69, 9.17) is 15.2 Å². The first kappa shape index (κ1) is 25.1. The SMILES string of the molecule is NC(=O)c1ccc([C@H](Oc2ccc3c(c2-c2ccc(-c4ccccc4)cc2)OCCC3=O)c2ccncc2)cc1. The Hall–Kier alpha value is -5.23. The zero-order chi connectivity index (χ0) is 27.5. The highest BCUT2D eigenvalue weighted by atomic mass is 16.5. The highest BCUT2D eigenvalue weighted by Crippen LogP contribution is 2.45. The van der Waals surface area contributed by atoms with Crippen molar-refractivity contribution >= 4 is 11.7 Å². The largest absolute Gasteiger partial charge is 0.492 e. The van der Waals surface area contributed by atoms with Crippen molar-refractivity contribution < 1.29 is 19.1 Å². The van der Waals surface area contributed by atoms with Gasteiger partial charge in [0, 0.05) is 24.4 Å². The standard InChI is InChI=1S/C34H26N2O4/c35-34(38)27-12-10-25(11-13-27)32(26-16-19-36-20-17-26)40-30-15-14-28-29(37)18-21-39-33(28)31(30)24-8-6-23(7-9-24)22-4-2-1-3-5-22/h1-17,19-20,32H,18,21H2,(H2,35,38)/t32-/m0/s1. The number of nitrogens with two attached hydrogens (primary N) is 1. The lowest BCUT2D eigenvalue weighted by atomic mass is 9.94. The maximum absolute atomic E-state index is 12.8. The van der Waals surface area contributed by atoms with Crippen molar-refractivity contribution in [2.75, 3.05) is 6.61 Å². The minimum atomic E-state index is -0.524. The van der Waals surface area contributed by atoms with Crippen LogP contribution in [-0.4, -0.2) is 23.3 Å². The van der Waals surface area contributed by atoms with Gasteiger partial charge in [-0.3, -0.25) is 14.6 Å². The van der Waals surface area contributed by atoms with E-state index in [2.05, 4.69) is 29.2 Å². The number of carbonyl (C=O) groups is 2. The molecule has 6 heteroatoms. The number of benzene rings is 4. The number of carbonyl (C=O) groups excluding carboxylic acids is 2. The summed E-state index contributed by atoms with van der Waals surface area (Å²) in [5, 5.41) is 0. The van der Waals surface area contributed by atoms with Gasteiger partial charge in [0.25, 0.3) is 0 Å². The lowest BCUT2D eigenvalue weighted by Gasteiger charge is -2.26. The summed E-state index contributed by atoms with van der Waals surface area (Å²) in [6.07, 6.45) is 3.23. The molecule has 6 nitrogen and oxygen atoms in total. The maximum atomic E-state index is 12.8. The van der Waals surface area contributed by atoms with Crippen molar-refractivity contribution in [3.8, 4) is 33.8 Å².